The summed E-state index contributed by atoms with van der Waals surface area (Å²) < 4.78 is 6.59. The number of benzene rings is 1. The van der Waals surface area contributed by atoms with Crippen molar-refractivity contribution >= 4 is 15.9 Å². The molecule has 6 nitrogen and oxygen atoms in total. The molecule has 2 N–H and O–H groups in total. The minimum absolute atomic E-state index is 0.414. The number of aliphatic hydroxyl groups excluding tert-OH is 2. The Balaban J connectivity index is 1.69. The molecule has 1 aliphatic rings. The topological polar surface area (TPSA) is 82.6 Å². The van der Waals surface area contributed by atoms with E-state index in [1.807, 2.05) is 29.2 Å². The number of rotatable bonds is 3. The van der Waals surface area contributed by atoms with E-state index in [9.17, 15) is 10.2 Å². The van der Waals surface area contributed by atoms with Crippen LogP contribution >= 0.6 is 15.9 Å². The highest BCUT2D eigenvalue weighted by Crippen LogP contribution is 2.21. The van der Waals surface area contributed by atoms with E-state index in [4.69, 9.17) is 4.42 Å². The third-order valence-corrected chi connectivity index (χ3v) is 3.78. The molecular weight excluding hydrogens is 326 g/mol. The van der Waals surface area contributed by atoms with Gasteiger partial charge in [-0.15, -0.1) is 10.2 Å². The van der Waals surface area contributed by atoms with Crippen LogP contribution in [0.2, 0.25) is 0 Å². The number of aliphatic hydroxyl groups is 2. The zero-order chi connectivity index (χ0) is 14.1. The Kier molecular flexibility index (Phi) is 3.84. The Morgan fingerprint density at radius 1 is 1.15 bits per heavy atom. The van der Waals surface area contributed by atoms with Gasteiger partial charge in [-0.3, -0.25) is 4.90 Å². The lowest BCUT2D eigenvalue weighted by Crippen LogP contribution is -2.22. The van der Waals surface area contributed by atoms with Crippen LogP contribution in [-0.4, -0.2) is 50.6 Å². The molecule has 20 heavy (non-hydrogen) atoms. The predicted molar refractivity (Wildman–Crippen MR) is 74.7 cm³/mol. The molecule has 0 spiro atoms. The summed E-state index contributed by atoms with van der Waals surface area (Å²) >= 11 is 3.37. The second-order valence-electron chi connectivity index (χ2n) is 4.84. The minimum atomic E-state index is -0.705. The zero-order valence-electron chi connectivity index (χ0n) is 10.6. The van der Waals surface area contributed by atoms with Crippen molar-refractivity contribution in [3.8, 4) is 11.5 Å². The van der Waals surface area contributed by atoms with Crippen LogP contribution in [-0.2, 0) is 6.54 Å². The van der Waals surface area contributed by atoms with Crippen LogP contribution in [0.3, 0.4) is 0 Å². The summed E-state index contributed by atoms with van der Waals surface area (Å²) in [6.07, 6.45) is -1.41. The van der Waals surface area contributed by atoms with Crippen molar-refractivity contribution in [1.29, 1.82) is 0 Å². The van der Waals surface area contributed by atoms with E-state index >= 15 is 0 Å². The van der Waals surface area contributed by atoms with Crippen LogP contribution in [0.15, 0.2) is 33.2 Å². The maximum Gasteiger partial charge on any atom is 0.247 e. The number of hydrogen-bond donors (Lipinski definition) is 2. The maximum absolute atomic E-state index is 9.49. The Morgan fingerprint density at radius 2 is 1.80 bits per heavy atom. The average Bonchev–Trinajstić information content (AvgIpc) is 2.99. The van der Waals surface area contributed by atoms with Gasteiger partial charge in [0.25, 0.3) is 0 Å². The van der Waals surface area contributed by atoms with Gasteiger partial charge in [0, 0.05) is 23.1 Å². The Bertz CT molecular complexity index is 577. The highest BCUT2D eigenvalue weighted by Gasteiger charge is 2.30. The molecule has 0 radical (unpaired) electrons. The van der Waals surface area contributed by atoms with Gasteiger partial charge in [-0.1, -0.05) is 15.9 Å². The molecule has 0 aliphatic carbocycles. The molecule has 1 aliphatic heterocycles. The molecule has 7 heteroatoms. The lowest BCUT2D eigenvalue weighted by Gasteiger charge is -2.10. The Labute approximate surface area is 124 Å². The third-order valence-electron chi connectivity index (χ3n) is 3.25. The van der Waals surface area contributed by atoms with E-state index in [1.54, 1.807) is 0 Å². The molecule has 2 atom stereocenters. The van der Waals surface area contributed by atoms with Crippen LogP contribution in [0.4, 0.5) is 0 Å². The second-order valence-corrected chi connectivity index (χ2v) is 5.75. The molecule has 2 heterocycles. The monoisotopic (exact) mass is 339 g/mol. The largest absolute Gasteiger partial charge is 0.419 e. The van der Waals surface area contributed by atoms with Crippen molar-refractivity contribution in [3.63, 3.8) is 0 Å². The molecule has 2 unspecified atom stereocenters. The molecule has 0 bridgehead atoms. The highest BCUT2D eigenvalue weighted by molar-refractivity contribution is 9.10. The van der Waals surface area contributed by atoms with E-state index in [1.165, 1.54) is 0 Å². The number of β-amino-alcohol motifs (C(OH)–C–C–N with tert-alkyl or cyclic N) is 2. The second kappa shape index (κ2) is 5.61. The van der Waals surface area contributed by atoms with Gasteiger partial charge in [-0.2, -0.15) is 0 Å². The molecule has 1 aromatic carbocycles. The first-order valence-electron chi connectivity index (χ1n) is 6.28. The van der Waals surface area contributed by atoms with Crippen molar-refractivity contribution in [3.05, 3.63) is 34.6 Å². The summed E-state index contributed by atoms with van der Waals surface area (Å²) in [6.45, 7) is 1.26. The van der Waals surface area contributed by atoms with Crippen LogP contribution in [0.1, 0.15) is 5.89 Å². The standard InChI is InChI=1S/C13H14BrN3O3/c14-9-3-1-8(2-4-9)13-16-15-12(20-13)7-17-5-10(18)11(19)6-17/h1-4,10-11,18-19H,5-7H2. The van der Waals surface area contributed by atoms with Gasteiger partial charge in [0.2, 0.25) is 11.8 Å². The molecule has 3 rings (SSSR count). The van der Waals surface area contributed by atoms with Crippen molar-refractivity contribution in [2.75, 3.05) is 13.1 Å². The maximum atomic E-state index is 9.49. The zero-order valence-corrected chi connectivity index (χ0v) is 12.2. The van der Waals surface area contributed by atoms with E-state index in [2.05, 4.69) is 26.1 Å². The van der Waals surface area contributed by atoms with E-state index in [-0.39, 0.29) is 0 Å². The average molecular weight is 340 g/mol. The fourth-order valence-electron chi connectivity index (χ4n) is 2.19. The molecule has 1 fully saturated rings. The van der Waals surface area contributed by atoms with Gasteiger partial charge in [0.1, 0.15) is 0 Å². The fraction of sp³-hybridized carbons (Fsp3) is 0.385. The van der Waals surface area contributed by atoms with Gasteiger partial charge in [-0.05, 0) is 24.3 Å². The molecule has 0 amide bonds. The first-order valence-corrected chi connectivity index (χ1v) is 7.08. The molecule has 2 aromatic rings. The summed E-state index contributed by atoms with van der Waals surface area (Å²) in [7, 11) is 0. The SMILES string of the molecule is OC1CN(Cc2nnc(-c3ccc(Br)cc3)o2)CC1O. The van der Waals surface area contributed by atoms with Gasteiger partial charge in [0.05, 0.1) is 18.8 Å². The fourth-order valence-corrected chi connectivity index (χ4v) is 2.46. The molecule has 1 saturated heterocycles. The Hall–Kier alpha value is -1.28. The van der Waals surface area contributed by atoms with Crippen molar-refractivity contribution in [1.82, 2.24) is 15.1 Å². The summed E-state index contributed by atoms with van der Waals surface area (Å²) in [5.74, 6) is 0.942. The predicted octanol–water partition coefficient (Wildman–Crippen LogP) is 1.04. The normalized spacial score (nSPS) is 23.4. The van der Waals surface area contributed by atoms with Crippen LogP contribution in [0.25, 0.3) is 11.5 Å². The van der Waals surface area contributed by atoms with Crippen molar-refractivity contribution < 1.29 is 14.6 Å². The first-order chi connectivity index (χ1) is 9.61. The van der Waals surface area contributed by atoms with E-state index in [0.29, 0.717) is 31.4 Å². The van der Waals surface area contributed by atoms with Crippen molar-refractivity contribution in [2.45, 2.75) is 18.8 Å². The number of halogens is 1. The number of nitrogens with zero attached hydrogens (tertiary/aromatic N) is 3. The smallest absolute Gasteiger partial charge is 0.247 e. The van der Waals surface area contributed by atoms with Gasteiger partial charge in [0.15, 0.2) is 0 Å². The first kappa shape index (κ1) is 13.7. The van der Waals surface area contributed by atoms with Crippen LogP contribution < -0.4 is 0 Å². The van der Waals surface area contributed by atoms with E-state index < -0.39 is 12.2 Å². The van der Waals surface area contributed by atoms with Crippen LogP contribution in [0, 0.1) is 0 Å². The summed E-state index contributed by atoms with van der Waals surface area (Å²) in [6, 6.07) is 7.61. The number of hydrogen-bond acceptors (Lipinski definition) is 6. The highest BCUT2D eigenvalue weighted by atomic mass is 79.9. The summed E-state index contributed by atoms with van der Waals surface area (Å²) in [4.78, 5) is 1.88. The van der Waals surface area contributed by atoms with Crippen molar-refractivity contribution in [2.24, 2.45) is 0 Å². The van der Waals surface area contributed by atoms with Gasteiger partial charge < -0.3 is 14.6 Å². The number of aromatic nitrogens is 2. The summed E-state index contributed by atoms with van der Waals surface area (Å²) in [5.41, 5.74) is 0.855. The van der Waals surface area contributed by atoms with Gasteiger partial charge >= 0.3 is 0 Å². The van der Waals surface area contributed by atoms with Gasteiger partial charge in [-0.25, -0.2) is 0 Å². The Morgan fingerprint density at radius 3 is 2.45 bits per heavy atom. The molecule has 0 saturated carbocycles. The molecular formula is C13H14BrN3O3. The molecule has 1 aromatic heterocycles. The third kappa shape index (κ3) is 2.90. The van der Waals surface area contributed by atoms with E-state index in [0.717, 1.165) is 10.0 Å². The lowest BCUT2D eigenvalue weighted by molar-refractivity contribution is 0.0572. The minimum Gasteiger partial charge on any atom is -0.419 e. The number of likely N-dealkylation sites (tertiary alicyclic amines) is 1. The lowest BCUT2D eigenvalue weighted by atomic mass is 10.2. The quantitative estimate of drug-likeness (QED) is 0.869. The van der Waals surface area contributed by atoms with Crippen LogP contribution in [0.5, 0.6) is 0 Å². The summed E-state index contributed by atoms with van der Waals surface area (Å²) in [5, 5.41) is 27.0. The molecule has 106 valence electrons.